The molecule has 0 heterocycles. The molecule has 43 heavy (non-hydrogen) atoms. The Morgan fingerprint density at radius 3 is 2.16 bits per heavy atom. The van der Waals surface area contributed by atoms with E-state index in [4.69, 9.17) is 9.47 Å². The molecule has 0 spiro atoms. The van der Waals surface area contributed by atoms with E-state index >= 15 is 0 Å². The van der Waals surface area contributed by atoms with Gasteiger partial charge >= 0.3 is 6.09 Å². The molecule has 232 valence electrons. The van der Waals surface area contributed by atoms with Crippen molar-refractivity contribution in [2.45, 2.75) is 52.7 Å². The molecule has 0 saturated carbocycles. The molecule has 0 fully saturated rings. The van der Waals surface area contributed by atoms with E-state index in [0.717, 1.165) is 22.9 Å². The third-order valence-electron chi connectivity index (χ3n) is 6.30. The third-order valence-corrected chi connectivity index (χ3v) is 6.86. The molecule has 9 nitrogen and oxygen atoms in total. The minimum Gasteiger partial charge on any atom is -0.492 e. The van der Waals surface area contributed by atoms with E-state index in [0.29, 0.717) is 23.3 Å². The summed E-state index contributed by atoms with van der Waals surface area (Å²) in [6.45, 7) is 9.87. The minimum atomic E-state index is -3.68. The second kappa shape index (κ2) is 14.5. The Hall–Kier alpha value is -3.89. The maximum absolute atomic E-state index is 12.9. The van der Waals surface area contributed by atoms with Crippen molar-refractivity contribution >= 4 is 22.0 Å². The van der Waals surface area contributed by atoms with Crippen LogP contribution >= 0.6 is 0 Å². The van der Waals surface area contributed by atoms with E-state index in [1.807, 2.05) is 62.4 Å². The van der Waals surface area contributed by atoms with Crippen molar-refractivity contribution in [3.05, 3.63) is 89.5 Å². The van der Waals surface area contributed by atoms with Crippen molar-refractivity contribution in [2.24, 2.45) is 5.92 Å². The van der Waals surface area contributed by atoms with Gasteiger partial charge in [-0.1, -0.05) is 68.4 Å². The number of ether oxygens (including phenoxy) is 2. The maximum Gasteiger partial charge on any atom is 0.410 e. The van der Waals surface area contributed by atoms with Crippen LogP contribution < -0.4 is 9.46 Å². The number of benzene rings is 3. The first-order chi connectivity index (χ1) is 20.1. The normalized spacial score (nSPS) is 12.5. The quantitative estimate of drug-likeness (QED) is 0.274. The Morgan fingerprint density at radius 1 is 0.953 bits per heavy atom. The maximum atomic E-state index is 12.9. The summed E-state index contributed by atoms with van der Waals surface area (Å²) < 4.78 is 36.7. The van der Waals surface area contributed by atoms with E-state index in [1.165, 1.54) is 4.90 Å². The lowest BCUT2D eigenvalue weighted by molar-refractivity contribution is 0.0117. The van der Waals surface area contributed by atoms with Gasteiger partial charge in [-0.15, -0.1) is 0 Å². The molecule has 3 aromatic carbocycles. The zero-order valence-electron chi connectivity index (χ0n) is 25.7. The Bertz CT molecular complexity index is 1480. The van der Waals surface area contributed by atoms with Gasteiger partial charge in [0.25, 0.3) is 5.91 Å². The van der Waals surface area contributed by atoms with Crippen LogP contribution in [0.25, 0.3) is 11.1 Å². The highest BCUT2D eigenvalue weighted by atomic mass is 32.2. The van der Waals surface area contributed by atoms with Gasteiger partial charge in [-0.05, 0) is 73.6 Å². The lowest BCUT2D eigenvalue weighted by Gasteiger charge is -2.29. The number of hydrogen-bond donors (Lipinski definition) is 2. The summed E-state index contributed by atoms with van der Waals surface area (Å²) in [4.78, 5) is 26.9. The molecule has 0 radical (unpaired) electrons. The van der Waals surface area contributed by atoms with Crippen LogP contribution in [0.4, 0.5) is 4.79 Å². The van der Waals surface area contributed by atoms with Gasteiger partial charge in [0.1, 0.15) is 18.0 Å². The van der Waals surface area contributed by atoms with E-state index in [1.54, 1.807) is 45.0 Å². The summed E-state index contributed by atoms with van der Waals surface area (Å²) in [5.41, 5.74) is 2.88. The first-order valence-corrected chi connectivity index (χ1v) is 16.1. The van der Waals surface area contributed by atoms with Crippen LogP contribution in [0.15, 0.2) is 72.8 Å². The predicted molar refractivity (Wildman–Crippen MR) is 167 cm³/mol. The molecule has 0 aliphatic heterocycles. The number of sulfonamides is 1. The van der Waals surface area contributed by atoms with Crippen LogP contribution in [-0.2, 0) is 21.2 Å². The Labute approximate surface area is 254 Å². The summed E-state index contributed by atoms with van der Waals surface area (Å²) in [7, 11) is -3.68. The number of carbonyl (C=O) groups excluding carboxylic acids is 2. The third kappa shape index (κ3) is 11.0. The van der Waals surface area contributed by atoms with Crippen LogP contribution in [0.1, 0.15) is 62.2 Å². The van der Waals surface area contributed by atoms with Crippen molar-refractivity contribution in [1.82, 2.24) is 9.62 Å². The summed E-state index contributed by atoms with van der Waals surface area (Å²) in [6, 6.07) is 21.9. The molecule has 10 heteroatoms. The minimum absolute atomic E-state index is 0.0537. The van der Waals surface area contributed by atoms with Gasteiger partial charge in [-0.25, -0.2) is 17.9 Å². The molecule has 0 aliphatic rings. The SMILES string of the molecule is CC(C)Cc1cc(-c2ccc(OCCN(C[C@H](O)c3ccccc3)C(=O)OC(C)(C)C)cc2)ccc1C(=O)NS(C)(=O)=O. The lowest BCUT2D eigenvalue weighted by Crippen LogP contribution is -2.41. The number of carbonyl (C=O) groups is 2. The van der Waals surface area contributed by atoms with Crippen LogP contribution in [0, 0.1) is 5.92 Å². The fourth-order valence-electron chi connectivity index (χ4n) is 4.42. The van der Waals surface area contributed by atoms with Crippen molar-refractivity contribution in [1.29, 1.82) is 0 Å². The number of rotatable bonds is 12. The zero-order valence-corrected chi connectivity index (χ0v) is 26.5. The molecule has 0 saturated heterocycles. The Balaban J connectivity index is 1.70. The summed E-state index contributed by atoms with van der Waals surface area (Å²) >= 11 is 0. The van der Waals surface area contributed by atoms with Gasteiger partial charge in [-0.2, -0.15) is 0 Å². The van der Waals surface area contributed by atoms with Crippen molar-refractivity contribution < 1.29 is 32.6 Å². The number of nitrogens with one attached hydrogen (secondary N) is 1. The number of hydrogen-bond acceptors (Lipinski definition) is 7. The van der Waals surface area contributed by atoms with E-state index in [-0.39, 0.29) is 25.6 Å². The van der Waals surface area contributed by atoms with Gasteiger partial charge in [0.15, 0.2) is 0 Å². The van der Waals surface area contributed by atoms with E-state index < -0.39 is 33.7 Å². The number of aliphatic hydroxyl groups excluding tert-OH is 1. The second-order valence-electron chi connectivity index (χ2n) is 11.9. The van der Waals surface area contributed by atoms with Crippen molar-refractivity contribution in [3.63, 3.8) is 0 Å². The highest BCUT2D eigenvalue weighted by Gasteiger charge is 2.25. The molecule has 2 amide bonds. The van der Waals surface area contributed by atoms with E-state index in [2.05, 4.69) is 4.72 Å². The van der Waals surface area contributed by atoms with Crippen LogP contribution in [0.3, 0.4) is 0 Å². The zero-order chi connectivity index (χ0) is 31.8. The van der Waals surface area contributed by atoms with Gasteiger partial charge in [0.05, 0.1) is 25.4 Å². The topological polar surface area (TPSA) is 122 Å². The molecule has 1 atom stereocenters. The van der Waals surface area contributed by atoms with Gasteiger partial charge in [0.2, 0.25) is 10.0 Å². The average Bonchev–Trinajstić information content (AvgIpc) is 2.91. The van der Waals surface area contributed by atoms with Gasteiger partial charge in [0, 0.05) is 5.56 Å². The Kier molecular flexibility index (Phi) is 11.4. The molecule has 2 N–H and O–H groups in total. The van der Waals surface area contributed by atoms with Crippen LogP contribution in [0.5, 0.6) is 5.75 Å². The Morgan fingerprint density at radius 2 is 1.58 bits per heavy atom. The van der Waals surface area contributed by atoms with Crippen molar-refractivity contribution in [2.75, 3.05) is 26.0 Å². The highest BCUT2D eigenvalue weighted by molar-refractivity contribution is 7.89. The average molecular weight is 611 g/mol. The first-order valence-electron chi connectivity index (χ1n) is 14.2. The predicted octanol–water partition coefficient (Wildman–Crippen LogP) is 5.59. The first kappa shape index (κ1) is 33.6. The summed E-state index contributed by atoms with van der Waals surface area (Å²) in [5, 5.41) is 10.7. The fourth-order valence-corrected chi connectivity index (χ4v) is 4.86. The van der Waals surface area contributed by atoms with E-state index in [9.17, 15) is 23.1 Å². The highest BCUT2D eigenvalue weighted by Crippen LogP contribution is 2.27. The monoisotopic (exact) mass is 610 g/mol. The summed E-state index contributed by atoms with van der Waals surface area (Å²) in [5.74, 6) is 0.207. The van der Waals surface area contributed by atoms with Crippen LogP contribution in [-0.4, -0.2) is 62.0 Å². The second-order valence-corrected chi connectivity index (χ2v) is 13.6. The van der Waals surface area contributed by atoms with Gasteiger partial charge in [-0.3, -0.25) is 4.79 Å². The molecule has 0 unspecified atom stereocenters. The molecule has 0 aliphatic carbocycles. The molecular weight excluding hydrogens is 568 g/mol. The number of aliphatic hydroxyl groups is 1. The lowest BCUT2D eigenvalue weighted by atomic mass is 9.93. The number of amides is 2. The molecule has 0 bridgehead atoms. The standard InChI is InChI=1S/C33H42N2O7S/c1-23(2)20-27-21-26(14-17-29(27)31(37)34-43(6,39)40)24-12-15-28(16-13-24)41-19-18-35(32(38)42-33(3,4)5)22-30(36)25-10-8-7-9-11-25/h7-17,21,23,30,36H,18-20,22H2,1-6H3,(H,34,37)/t30-/m0/s1. The molecule has 0 aromatic heterocycles. The van der Waals surface area contributed by atoms with Crippen molar-refractivity contribution in [3.8, 4) is 16.9 Å². The van der Waals surface area contributed by atoms with Crippen LogP contribution in [0.2, 0.25) is 0 Å². The molecule has 3 aromatic rings. The smallest absolute Gasteiger partial charge is 0.410 e. The summed E-state index contributed by atoms with van der Waals surface area (Å²) in [6.07, 6.45) is 0.146. The molecule has 3 rings (SSSR count). The molecular formula is C33H42N2O7S. The fraction of sp³-hybridized carbons (Fsp3) is 0.394. The van der Waals surface area contributed by atoms with Gasteiger partial charge < -0.3 is 19.5 Å². The number of nitrogens with zero attached hydrogens (tertiary/aromatic N) is 1. The largest absolute Gasteiger partial charge is 0.492 e.